The van der Waals surface area contributed by atoms with Gasteiger partial charge in [0, 0.05) is 0 Å². The summed E-state index contributed by atoms with van der Waals surface area (Å²) in [7, 11) is 0. The molecule has 0 aliphatic heterocycles. The molecule has 2 heterocycles. The highest BCUT2D eigenvalue weighted by atomic mass is 16.5. The third-order valence-electron chi connectivity index (χ3n) is 3.16. The first kappa shape index (κ1) is 13.7. The Hall–Kier alpha value is -3.27. The summed E-state index contributed by atoms with van der Waals surface area (Å²) in [6, 6.07) is 7.60. The van der Waals surface area contributed by atoms with Gasteiger partial charge in [0.25, 0.3) is 0 Å². The van der Waals surface area contributed by atoms with Crippen molar-refractivity contribution >= 4 is 0 Å². The number of furan rings is 1. The molecular weight excluding hydrogens is 284 g/mol. The first-order chi connectivity index (χ1) is 10.7. The Labute approximate surface area is 125 Å². The van der Waals surface area contributed by atoms with Crippen molar-refractivity contribution in [3.8, 4) is 24.0 Å². The van der Waals surface area contributed by atoms with E-state index in [0.717, 1.165) is 16.0 Å². The third kappa shape index (κ3) is 2.38. The Balaban J connectivity index is 1.95. The molecular formula is C15H12N4O3. The molecule has 110 valence electrons. The van der Waals surface area contributed by atoms with Gasteiger partial charge in [-0.05, 0) is 29.0 Å². The fourth-order valence-electron chi connectivity index (χ4n) is 2.01. The number of benzene rings is 1. The molecule has 1 aromatic carbocycles. The van der Waals surface area contributed by atoms with Crippen LogP contribution < -0.4 is 10.4 Å². The molecule has 0 atom stereocenters. The van der Waals surface area contributed by atoms with E-state index in [4.69, 9.17) is 15.6 Å². The zero-order valence-corrected chi connectivity index (χ0v) is 11.7. The largest absolute Gasteiger partial charge is 0.488 e. The van der Waals surface area contributed by atoms with E-state index >= 15 is 0 Å². The molecule has 0 amide bonds. The number of hydrogen-bond acceptors (Lipinski definition) is 5. The topological polar surface area (TPSA) is 85.9 Å². The average molecular weight is 296 g/mol. The summed E-state index contributed by atoms with van der Waals surface area (Å²) in [5.74, 6) is 3.42. The van der Waals surface area contributed by atoms with E-state index in [-0.39, 0.29) is 12.5 Å². The Bertz CT molecular complexity index is 898. The number of ether oxygens (including phenoxy) is 1. The smallest absolute Gasteiger partial charge is 0.368 e. The van der Waals surface area contributed by atoms with Crippen LogP contribution in [0.1, 0.15) is 16.7 Å². The van der Waals surface area contributed by atoms with Crippen LogP contribution in [0.4, 0.5) is 0 Å². The average Bonchev–Trinajstić information content (AvgIpc) is 3.11. The molecule has 7 heteroatoms. The molecule has 0 unspecified atom stereocenters. The zero-order chi connectivity index (χ0) is 15.5. The summed E-state index contributed by atoms with van der Waals surface area (Å²) in [5.41, 5.74) is 1.53. The van der Waals surface area contributed by atoms with Crippen molar-refractivity contribution in [1.29, 1.82) is 0 Å². The van der Waals surface area contributed by atoms with Crippen molar-refractivity contribution in [2.75, 3.05) is 0 Å². The number of hydrogen-bond donors (Lipinski definition) is 1. The Kier molecular flexibility index (Phi) is 3.50. The monoisotopic (exact) mass is 296 g/mol. The number of aromatic amines is 1. The first-order valence-corrected chi connectivity index (χ1v) is 6.47. The van der Waals surface area contributed by atoms with Gasteiger partial charge in [-0.3, -0.25) is 0 Å². The maximum Gasteiger partial charge on any atom is 0.368 e. The number of nitrogens with zero attached hydrogens (tertiary/aromatic N) is 3. The number of rotatable bonds is 4. The van der Waals surface area contributed by atoms with Gasteiger partial charge in [-0.25, -0.2) is 9.89 Å². The number of para-hydroxylation sites is 1. The predicted molar refractivity (Wildman–Crippen MR) is 77.7 cm³/mol. The highest BCUT2D eigenvalue weighted by molar-refractivity contribution is 5.46. The summed E-state index contributed by atoms with van der Waals surface area (Å²) in [5, 5.41) is 9.28. The molecule has 0 spiro atoms. The van der Waals surface area contributed by atoms with Crippen molar-refractivity contribution in [1.82, 2.24) is 20.2 Å². The van der Waals surface area contributed by atoms with E-state index in [9.17, 15) is 4.79 Å². The van der Waals surface area contributed by atoms with Crippen molar-refractivity contribution in [3.05, 3.63) is 57.7 Å². The summed E-state index contributed by atoms with van der Waals surface area (Å²) in [6.07, 6.45) is 6.84. The SMILES string of the molecule is C#Cc1coc(-n2nn[nH]c2=O)c1COc1ccccc1C. The summed E-state index contributed by atoms with van der Waals surface area (Å²) < 4.78 is 12.1. The van der Waals surface area contributed by atoms with Crippen molar-refractivity contribution in [2.24, 2.45) is 0 Å². The summed E-state index contributed by atoms with van der Waals surface area (Å²) in [4.78, 5) is 11.6. The Morgan fingerprint density at radius 1 is 1.45 bits per heavy atom. The number of aromatic nitrogens is 4. The van der Waals surface area contributed by atoms with Crippen LogP contribution in [0.2, 0.25) is 0 Å². The fourth-order valence-corrected chi connectivity index (χ4v) is 2.01. The quantitative estimate of drug-likeness (QED) is 0.736. The van der Waals surface area contributed by atoms with Crippen LogP contribution in [0.25, 0.3) is 5.88 Å². The van der Waals surface area contributed by atoms with Gasteiger partial charge in [-0.2, -0.15) is 0 Å². The number of terminal acetylenes is 1. The maximum absolute atomic E-state index is 11.6. The highest BCUT2D eigenvalue weighted by Crippen LogP contribution is 2.23. The van der Waals surface area contributed by atoms with Gasteiger partial charge < -0.3 is 9.15 Å². The van der Waals surface area contributed by atoms with E-state index in [1.165, 1.54) is 6.26 Å². The van der Waals surface area contributed by atoms with Crippen LogP contribution >= 0.6 is 0 Å². The van der Waals surface area contributed by atoms with E-state index in [2.05, 4.69) is 21.4 Å². The van der Waals surface area contributed by atoms with Gasteiger partial charge in [0.1, 0.15) is 18.6 Å². The minimum absolute atomic E-state index is 0.148. The number of aryl methyl sites for hydroxylation is 1. The number of H-pyrrole nitrogens is 1. The van der Waals surface area contributed by atoms with Gasteiger partial charge in [-0.1, -0.05) is 24.1 Å². The van der Waals surface area contributed by atoms with E-state index < -0.39 is 5.69 Å². The minimum Gasteiger partial charge on any atom is -0.488 e. The molecule has 0 saturated carbocycles. The molecule has 7 nitrogen and oxygen atoms in total. The van der Waals surface area contributed by atoms with E-state index in [1.54, 1.807) is 0 Å². The standard InChI is InChI=1S/C15H12N4O3/c1-3-11-8-22-14(19-15(20)16-17-18-19)12(11)9-21-13-7-5-4-6-10(13)2/h1,4-8H,9H2,2H3,(H,16,18,20). The second-order valence-corrected chi connectivity index (χ2v) is 4.55. The van der Waals surface area contributed by atoms with E-state index in [1.807, 2.05) is 31.2 Å². The fraction of sp³-hybridized carbons (Fsp3) is 0.133. The zero-order valence-electron chi connectivity index (χ0n) is 11.7. The third-order valence-corrected chi connectivity index (χ3v) is 3.16. The molecule has 3 aromatic rings. The molecule has 22 heavy (non-hydrogen) atoms. The highest BCUT2D eigenvalue weighted by Gasteiger charge is 2.18. The van der Waals surface area contributed by atoms with Crippen molar-refractivity contribution in [2.45, 2.75) is 13.5 Å². The van der Waals surface area contributed by atoms with Crippen LogP contribution in [0, 0.1) is 19.3 Å². The van der Waals surface area contributed by atoms with Gasteiger partial charge in [0.15, 0.2) is 0 Å². The van der Waals surface area contributed by atoms with Gasteiger partial charge >= 0.3 is 5.69 Å². The first-order valence-electron chi connectivity index (χ1n) is 6.47. The minimum atomic E-state index is -0.518. The van der Waals surface area contributed by atoms with Crippen molar-refractivity contribution in [3.63, 3.8) is 0 Å². The lowest BCUT2D eigenvalue weighted by Crippen LogP contribution is -2.17. The Morgan fingerprint density at radius 2 is 2.27 bits per heavy atom. The number of tetrazole rings is 1. The van der Waals surface area contributed by atoms with Crippen LogP contribution in [-0.2, 0) is 6.61 Å². The Morgan fingerprint density at radius 3 is 2.95 bits per heavy atom. The molecule has 0 fully saturated rings. The van der Waals surface area contributed by atoms with Crippen LogP contribution in [-0.4, -0.2) is 20.2 Å². The molecule has 3 rings (SSSR count). The molecule has 0 aliphatic carbocycles. The van der Waals surface area contributed by atoms with Gasteiger partial charge in [0.2, 0.25) is 5.88 Å². The second-order valence-electron chi connectivity index (χ2n) is 4.55. The maximum atomic E-state index is 11.6. The second kappa shape index (κ2) is 5.61. The van der Waals surface area contributed by atoms with Gasteiger partial charge in [-0.15, -0.1) is 11.1 Å². The van der Waals surface area contributed by atoms with Gasteiger partial charge in [0.05, 0.1) is 11.1 Å². The summed E-state index contributed by atoms with van der Waals surface area (Å²) >= 11 is 0. The van der Waals surface area contributed by atoms with Crippen LogP contribution in [0.3, 0.4) is 0 Å². The molecule has 1 N–H and O–H groups in total. The van der Waals surface area contributed by atoms with Crippen LogP contribution in [0.15, 0.2) is 39.7 Å². The lowest BCUT2D eigenvalue weighted by Gasteiger charge is -2.08. The summed E-state index contributed by atoms with van der Waals surface area (Å²) in [6.45, 7) is 2.09. The van der Waals surface area contributed by atoms with E-state index in [0.29, 0.717) is 11.1 Å². The molecule has 0 saturated heterocycles. The molecule has 0 aliphatic rings. The van der Waals surface area contributed by atoms with Crippen LogP contribution in [0.5, 0.6) is 5.75 Å². The molecule has 0 radical (unpaired) electrons. The predicted octanol–water partition coefficient (Wildman–Crippen LogP) is 1.42. The lowest BCUT2D eigenvalue weighted by atomic mass is 10.2. The van der Waals surface area contributed by atoms with Crippen molar-refractivity contribution < 1.29 is 9.15 Å². The normalized spacial score (nSPS) is 10.4. The molecule has 0 bridgehead atoms. The lowest BCUT2D eigenvalue weighted by molar-refractivity contribution is 0.301. The number of nitrogens with one attached hydrogen (secondary N) is 1. The molecule has 2 aromatic heterocycles.